The van der Waals surface area contributed by atoms with Gasteiger partial charge in [0.1, 0.15) is 0 Å². The molecule has 0 saturated carbocycles. The van der Waals surface area contributed by atoms with E-state index in [2.05, 4.69) is 99.9 Å². The minimum atomic E-state index is 0.881. The molecule has 0 aliphatic rings. The first-order valence-corrected chi connectivity index (χ1v) is 19.8. The second-order valence-electron chi connectivity index (χ2n) is 12.1. The number of aryl methyl sites for hydroxylation is 2. The summed E-state index contributed by atoms with van der Waals surface area (Å²) in [5.41, 5.74) is 16.8. The Morgan fingerprint density at radius 3 is 1.71 bits per heavy atom. The van der Waals surface area contributed by atoms with E-state index in [9.17, 15) is 5.53 Å². The number of rotatable bonds is 24. The van der Waals surface area contributed by atoms with Crippen LogP contribution in [0.25, 0.3) is 11.1 Å². The molecule has 0 unspecified atom stereocenters. The number of nitrogens with zero attached hydrogens (tertiary/aromatic N) is 2. The summed E-state index contributed by atoms with van der Waals surface area (Å²) in [6.45, 7) is 11.2. The van der Waals surface area contributed by atoms with E-state index >= 15 is 0 Å². The summed E-state index contributed by atoms with van der Waals surface area (Å²) in [4.78, 5) is 3.32. The molecule has 0 spiro atoms. The van der Waals surface area contributed by atoms with E-state index in [1.165, 1.54) is 135 Å². The van der Waals surface area contributed by atoms with Gasteiger partial charge < -0.3 is 5.53 Å². The quantitative estimate of drug-likeness (QED) is 0.0269. The predicted molar refractivity (Wildman–Crippen MR) is 196 cm³/mol. The first-order valence-electron chi connectivity index (χ1n) is 18.4. The average molecular weight is 658 g/mol. The van der Waals surface area contributed by atoms with Crippen LogP contribution in [0.2, 0.25) is 10.8 Å². The molecule has 0 heterocycles. The minimum absolute atomic E-state index is 0.881. The fraction of sp³-hybridized carbons (Fsp3) is 0.619. The van der Waals surface area contributed by atoms with Gasteiger partial charge in [0, 0.05) is 0 Å². The van der Waals surface area contributed by atoms with Crippen molar-refractivity contribution in [2.45, 2.75) is 167 Å². The molecule has 0 amide bonds. The zero-order chi connectivity index (χ0) is 32.8. The van der Waals surface area contributed by atoms with Gasteiger partial charge in [-0.1, -0.05) is 153 Å². The van der Waals surface area contributed by atoms with Crippen molar-refractivity contribution in [2.75, 3.05) is 0 Å². The molecule has 0 bridgehead atoms. The average Bonchev–Trinajstić information content (AvgIpc) is 3.06. The normalized spacial score (nSPS) is 11.1. The Labute approximate surface area is 285 Å². The van der Waals surface area contributed by atoms with Crippen LogP contribution in [0.5, 0.6) is 0 Å². The van der Waals surface area contributed by atoms with Gasteiger partial charge in [0.25, 0.3) is 0 Å². The van der Waals surface area contributed by atoms with Crippen LogP contribution >= 0.6 is 0 Å². The molecule has 45 heavy (non-hydrogen) atoms. The molecule has 0 fully saturated rings. The Bertz CT molecular complexity index is 1100. The van der Waals surface area contributed by atoms with Crippen molar-refractivity contribution in [1.82, 2.24) is 0 Å². The van der Waals surface area contributed by atoms with Crippen molar-refractivity contribution in [3.8, 4) is 0 Å². The number of unbranched alkanes of at least 4 members (excludes halogenated alkanes) is 13. The summed E-state index contributed by atoms with van der Waals surface area (Å²) >= 11 is 1.82. The Hall–Kier alpha value is -2.17. The Balaban J connectivity index is 0.00000187. The molecule has 2 aromatic rings. The summed E-state index contributed by atoms with van der Waals surface area (Å²) in [7, 11) is 0. The third kappa shape index (κ3) is 20.6. The van der Waals surface area contributed by atoms with Gasteiger partial charge in [-0.25, -0.2) is 0 Å². The van der Waals surface area contributed by atoms with Gasteiger partial charge in [-0.3, -0.25) is 0 Å². The second-order valence-corrected chi connectivity index (χ2v) is 14.0. The molecule has 2 aromatic carbocycles. The zero-order valence-electron chi connectivity index (χ0n) is 29.8. The molecular formula is C42H66N2Ni. The van der Waals surface area contributed by atoms with Crippen LogP contribution in [0.3, 0.4) is 0 Å². The van der Waals surface area contributed by atoms with Crippen molar-refractivity contribution < 1.29 is 19.2 Å². The van der Waals surface area contributed by atoms with Gasteiger partial charge in [0.2, 0.25) is 0 Å². The van der Waals surface area contributed by atoms with Crippen molar-refractivity contribution in [3.63, 3.8) is 0 Å². The van der Waals surface area contributed by atoms with Crippen molar-refractivity contribution in [3.05, 3.63) is 88.0 Å². The monoisotopic (exact) mass is 656 g/mol. The van der Waals surface area contributed by atoms with Crippen LogP contribution < -0.4 is 0 Å². The van der Waals surface area contributed by atoms with Gasteiger partial charge in [-0.2, -0.15) is 0 Å². The molecule has 2 nitrogen and oxygen atoms in total. The summed E-state index contributed by atoms with van der Waals surface area (Å²) in [5.74, 6) is 2.90. The van der Waals surface area contributed by atoms with E-state index in [-0.39, 0.29) is 0 Å². The van der Waals surface area contributed by atoms with Gasteiger partial charge in [0.15, 0.2) is 0 Å². The number of allylic oxidation sites excluding steroid dienone is 2. The van der Waals surface area contributed by atoms with Gasteiger partial charge >= 0.3 is 44.9 Å². The maximum absolute atomic E-state index is 9.40. The van der Waals surface area contributed by atoms with Crippen LogP contribution in [0, 0.1) is 0 Å². The van der Waals surface area contributed by atoms with Crippen LogP contribution in [0.4, 0.5) is 0 Å². The summed E-state index contributed by atoms with van der Waals surface area (Å²) < 4.78 is 0. The van der Waals surface area contributed by atoms with Crippen LogP contribution in [0.1, 0.15) is 166 Å². The molecule has 254 valence electrons. The molecule has 2 rings (SSSR count). The summed E-state index contributed by atoms with van der Waals surface area (Å²) in [6.07, 6.45) is 25.9. The van der Waals surface area contributed by atoms with Crippen molar-refractivity contribution >= 4 is 11.4 Å². The molecule has 3 heteroatoms. The topological polar surface area (TPSA) is 36.4 Å². The predicted octanol–water partition coefficient (Wildman–Crippen LogP) is 13.7. The van der Waals surface area contributed by atoms with Gasteiger partial charge in [-0.15, -0.1) is 4.79 Å². The first kappa shape index (κ1) is 40.9. The zero-order valence-corrected chi connectivity index (χ0v) is 30.7. The Morgan fingerprint density at radius 1 is 0.622 bits per heavy atom. The van der Waals surface area contributed by atoms with E-state index in [4.69, 9.17) is 0 Å². The first-order chi connectivity index (χ1) is 22.1. The molecular weight excluding hydrogens is 591 g/mol. The molecule has 0 aromatic heterocycles. The molecule has 0 aliphatic carbocycles. The van der Waals surface area contributed by atoms with E-state index in [0.717, 1.165) is 31.3 Å². The van der Waals surface area contributed by atoms with Gasteiger partial charge in [0.05, 0.1) is 5.57 Å². The van der Waals surface area contributed by atoms with E-state index in [1.807, 2.05) is 14.4 Å². The third-order valence-electron chi connectivity index (χ3n) is 8.27. The Kier molecular flexibility index (Phi) is 26.6. The van der Waals surface area contributed by atoms with Gasteiger partial charge in [-0.05, 0) is 72.4 Å². The molecule has 0 radical (unpaired) electrons. The second kappa shape index (κ2) is 29.2. The molecule has 0 aliphatic heterocycles. The van der Waals surface area contributed by atoms with Crippen LogP contribution in [0.15, 0.2) is 60.2 Å². The summed E-state index contributed by atoms with van der Waals surface area (Å²) in [6, 6.07) is 18.2. The van der Waals surface area contributed by atoms with E-state index < -0.39 is 0 Å². The SMILES string of the molecule is CCCCCCCCC(=C=[N+]=[N-])C=C(c1ccc(CCCCCCCC)cc1)c1cccc(CCCCCC)c1.C[CH2][Ni][CH2]C. The molecule has 0 N–H and O–H groups in total. The summed E-state index contributed by atoms with van der Waals surface area (Å²) in [5, 5.41) is 2.56. The van der Waals surface area contributed by atoms with E-state index in [1.54, 1.807) is 0 Å². The van der Waals surface area contributed by atoms with Crippen molar-refractivity contribution in [1.29, 1.82) is 0 Å². The van der Waals surface area contributed by atoms with Crippen LogP contribution in [-0.4, -0.2) is 10.7 Å². The number of benzene rings is 2. The third-order valence-corrected chi connectivity index (χ3v) is 9.26. The van der Waals surface area contributed by atoms with Crippen LogP contribution in [-0.2, 0) is 27.3 Å². The fourth-order valence-electron chi connectivity index (χ4n) is 5.60. The number of hydrogen-bond donors (Lipinski definition) is 0. The van der Waals surface area contributed by atoms with Crippen molar-refractivity contribution in [2.24, 2.45) is 0 Å². The fourth-order valence-corrected chi connectivity index (χ4v) is 6.09. The van der Waals surface area contributed by atoms with E-state index in [0.29, 0.717) is 0 Å². The maximum atomic E-state index is 9.40. The molecule has 0 atom stereocenters. The number of hydrogen-bond acceptors (Lipinski definition) is 0. The Morgan fingerprint density at radius 2 is 1.16 bits per heavy atom. The standard InChI is InChI=1S/C38H56N2.2C2H5.Ni/c1-4-7-10-13-15-18-21-33-26-28-36(29-27-33)38(31-35(32-40-39)23-19-16-14-11-8-5-2)37-25-20-24-34(30-37)22-17-12-9-6-3;2*1-2;/h20,24-31H,4-19,21-23H2,1-3H3;2*1H2,2H3;. The molecule has 0 saturated heterocycles.